The van der Waals surface area contributed by atoms with E-state index in [-0.39, 0.29) is 25.7 Å². The lowest BCUT2D eigenvalue weighted by atomic mass is 10.0. The van der Waals surface area contributed by atoms with Gasteiger partial charge in [-0.1, -0.05) is 36.4 Å². The molecule has 0 saturated heterocycles. The molecule has 1 heterocycles. The monoisotopic (exact) mass is 398 g/mol. The molecule has 1 atom stereocenters. The number of amides is 2. The molecule has 2 amide bonds. The van der Waals surface area contributed by atoms with E-state index in [9.17, 15) is 14.4 Å². The van der Waals surface area contributed by atoms with Gasteiger partial charge < -0.3 is 24.8 Å². The number of hydrogen-bond acceptors (Lipinski definition) is 6. The molecule has 0 bridgehead atoms. The number of carbonyl (C=O) groups is 3. The summed E-state index contributed by atoms with van der Waals surface area (Å²) in [6.45, 7) is 1.44. The van der Waals surface area contributed by atoms with Gasteiger partial charge in [0.2, 0.25) is 12.7 Å². The van der Waals surface area contributed by atoms with Crippen LogP contribution in [-0.2, 0) is 25.7 Å². The van der Waals surface area contributed by atoms with Gasteiger partial charge in [0.05, 0.1) is 12.5 Å². The maximum absolute atomic E-state index is 12.1. The van der Waals surface area contributed by atoms with Crippen molar-refractivity contribution in [2.75, 3.05) is 13.4 Å². The second-order valence-electron chi connectivity index (χ2n) is 6.49. The third-order valence-electron chi connectivity index (χ3n) is 4.24. The normalized spacial score (nSPS) is 12.7. The lowest BCUT2D eigenvalue weighted by Crippen LogP contribution is -2.31. The van der Waals surface area contributed by atoms with Crippen LogP contribution in [0.5, 0.6) is 11.5 Å². The molecule has 1 aliphatic heterocycles. The molecule has 8 heteroatoms. The van der Waals surface area contributed by atoms with Gasteiger partial charge in [-0.2, -0.15) is 0 Å². The van der Waals surface area contributed by atoms with Crippen molar-refractivity contribution in [2.24, 2.45) is 0 Å². The topological polar surface area (TPSA) is 103 Å². The fourth-order valence-corrected chi connectivity index (χ4v) is 2.86. The predicted octanol–water partition coefficient (Wildman–Crippen LogP) is 1.84. The Morgan fingerprint density at radius 2 is 1.83 bits per heavy atom. The number of esters is 1. The molecule has 2 N–H and O–H groups in total. The summed E-state index contributed by atoms with van der Waals surface area (Å²) in [5.74, 6) is 0.0417. The first-order chi connectivity index (χ1) is 14.0. The summed E-state index contributed by atoms with van der Waals surface area (Å²) in [7, 11) is 0. The summed E-state index contributed by atoms with van der Waals surface area (Å²) in [4.78, 5) is 35.5. The second kappa shape index (κ2) is 9.59. The number of hydrogen-bond donors (Lipinski definition) is 2. The van der Waals surface area contributed by atoms with Crippen molar-refractivity contribution in [2.45, 2.75) is 25.9 Å². The molecular formula is C21H22N2O6. The van der Waals surface area contributed by atoms with Crippen molar-refractivity contribution in [1.29, 1.82) is 0 Å². The molecule has 8 nitrogen and oxygen atoms in total. The van der Waals surface area contributed by atoms with E-state index >= 15 is 0 Å². The van der Waals surface area contributed by atoms with Gasteiger partial charge in [-0.3, -0.25) is 14.4 Å². The molecular weight excluding hydrogens is 376 g/mol. The van der Waals surface area contributed by atoms with Gasteiger partial charge in [0, 0.05) is 13.5 Å². The largest absolute Gasteiger partial charge is 0.456 e. The van der Waals surface area contributed by atoms with Gasteiger partial charge in [0.1, 0.15) is 0 Å². The standard InChI is InChI=1S/C21H22N2O6/c1-14(24)23-17(16-5-3-2-4-6-16)10-21(26)27-12-20(25)22-11-15-7-8-18-19(9-15)29-13-28-18/h2-9,17H,10-13H2,1H3,(H,22,25)(H,23,24)/t17-/m1/s1. The third-order valence-corrected chi connectivity index (χ3v) is 4.24. The number of benzene rings is 2. The Morgan fingerprint density at radius 3 is 2.59 bits per heavy atom. The summed E-state index contributed by atoms with van der Waals surface area (Å²) in [5, 5.41) is 5.40. The number of nitrogens with one attached hydrogen (secondary N) is 2. The third kappa shape index (κ3) is 5.97. The second-order valence-corrected chi connectivity index (χ2v) is 6.49. The van der Waals surface area contributed by atoms with Gasteiger partial charge in [0.15, 0.2) is 18.1 Å². The Bertz CT molecular complexity index is 884. The average Bonchev–Trinajstić information content (AvgIpc) is 3.18. The van der Waals surface area contributed by atoms with Crippen molar-refractivity contribution >= 4 is 17.8 Å². The molecule has 1 aliphatic rings. The van der Waals surface area contributed by atoms with E-state index in [1.807, 2.05) is 36.4 Å². The van der Waals surface area contributed by atoms with E-state index in [2.05, 4.69) is 10.6 Å². The van der Waals surface area contributed by atoms with Gasteiger partial charge in [-0.25, -0.2) is 0 Å². The van der Waals surface area contributed by atoms with Crippen molar-refractivity contribution in [3.05, 3.63) is 59.7 Å². The Morgan fingerprint density at radius 1 is 1.07 bits per heavy atom. The predicted molar refractivity (Wildman–Crippen MR) is 103 cm³/mol. The van der Waals surface area contributed by atoms with Crippen LogP contribution in [0.1, 0.15) is 30.5 Å². The molecule has 2 aromatic carbocycles. The van der Waals surface area contributed by atoms with Crippen molar-refractivity contribution in [3.63, 3.8) is 0 Å². The highest BCUT2D eigenvalue weighted by Crippen LogP contribution is 2.32. The molecule has 152 valence electrons. The van der Waals surface area contributed by atoms with Crippen LogP contribution in [0.25, 0.3) is 0 Å². The number of carbonyl (C=O) groups excluding carboxylic acids is 3. The molecule has 0 spiro atoms. The van der Waals surface area contributed by atoms with Crippen LogP contribution in [0.15, 0.2) is 48.5 Å². The van der Waals surface area contributed by atoms with Crippen LogP contribution in [0, 0.1) is 0 Å². The molecule has 0 aliphatic carbocycles. The zero-order chi connectivity index (χ0) is 20.6. The molecule has 3 rings (SSSR count). The Hall–Kier alpha value is -3.55. The maximum atomic E-state index is 12.1. The molecule has 0 aromatic heterocycles. The molecule has 0 radical (unpaired) electrons. The van der Waals surface area contributed by atoms with Crippen LogP contribution in [0.2, 0.25) is 0 Å². The quantitative estimate of drug-likeness (QED) is 0.658. The van der Waals surface area contributed by atoms with Gasteiger partial charge in [-0.15, -0.1) is 0 Å². The Balaban J connectivity index is 1.45. The first-order valence-corrected chi connectivity index (χ1v) is 9.14. The average molecular weight is 398 g/mol. The van der Waals surface area contributed by atoms with Gasteiger partial charge in [0.25, 0.3) is 5.91 Å². The zero-order valence-electron chi connectivity index (χ0n) is 16.0. The number of ether oxygens (including phenoxy) is 3. The van der Waals surface area contributed by atoms with Crippen LogP contribution >= 0.6 is 0 Å². The maximum Gasteiger partial charge on any atom is 0.308 e. The molecule has 0 unspecified atom stereocenters. The van der Waals surface area contributed by atoms with E-state index < -0.39 is 24.5 Å². The summed E-state index contributed by atoms with van der Waals surface area (Å²) in [5.41, 5.74) is 1.62. The summed E-state index contributed by atoms with van der Waals surface area (Å²) >= 11 is 0. The summed E-state index contributed by atoms with van der Waals surface area (Å²) in [6.07, 6.45) is -0.0704. The fourth-order valence-electron chi connectivity index (χ4n) is 2.86. The molecule has 29 heavy (non-hydrogen) atoms. The lowest BCUT2D eigenvalue weighted by molar-refractivity contribution is -0.149. The van der Waals surface area contributed by atoms with Crippen LogP contribution in [0.4, 0.5) is 0 Å². The van der Waals surface area contributed by atoms with Crippen molar-refractivity contribution < 1.29 is 28.6 Å². The van der Waals surface area contributed by atoms with Gasteiger partial charge in [-0.05, 0) is 23.3 Å². The van der Waals surface area contributed by atoms with Crippen LogP contribution < -0.4 is 20.1 Å². The Labute approximate surface area is 168 Å². The van der Waals surface area contributed by atoms with Crippen LogP contribution in [-0.4, -0.2) is 31.2 Å². The molecule has 2 aromatic rings. The fraction of sp³-hybridized carbons (Fsp3) is 0.286. The minimum Gasteiger partial charge on any atom is -0.456 e. The smallest absolute Gasteiger partial charge is 0.308 e. The number of fused-ring (bicyclic) bond motifs is 1. The lowest BCUT2D eigenvalue weighted by Gasteiger charge is -2.17. The highest BCUT2D eigenvalue weighted by Gasteiger charge is 2.19. The first kappa shape index (κ1) is 20.2. The van der Waals surface area contributed by atoms with Crippen molar-refractivity contribution in [1.82, 2.24) is 10.6 Å². The van der Waals surface area contributed by atoms with E-state index in [1.165, 1.54) is 6.92 Å². The highest BCUT2D eigenvalue weighted by atomic mass is 16.7. The number of rotatable bonds is 8. The first-order valence-electron chi connectivity index (χ1n) is 9.14. The van der Waals surface area contributed by atoms with E-state index in [0.29, 0.717) is 11.5 Å². The van der Waals surface area contributed by atoms with Gasteiger partial charge >= 0.3 is 5.97 Å². The minimum atomic E-state index is -0.578. The zero-order valence-corrected chi connectivity index (χ0v) is 16.0. The minimum absolute atomic E-state index is 0.0704. The SMILES string of the molecule is CC(=O)N[C@H](CC(=O)OCC(=O)NCc1ccc2c(c1)OCO2)c1ccccc1. The van der Waals surface area contributed by atoms with E-state index in [1.54, 1.807) is 12.1 Å². The van der Waals surface area contributed by atoms with Crippen molar-refractivity contribution in [3.8, 4) is 11.5 Å². The highest BCUT2D eigenvalue weighted by molar-refractivity contribution is 5.81. The summed E-state index contributed by atoms with van der Waals surface area (Å²) in [6, 6.07) is 14.0. The molecule has 0 saturated carbocycles. The van der Waals surface area contributed by atoms with Crippen LogP contribution in [0.3, 0.4) is 0 Å². The van der Waals surface area contributed by atoms with E-state index in [0.717, 1.165) is 11.1 Å². The van der Waals surface area contributed by atoms with E-state index in [4.69, 9.17) is 14.2 Å². The Kier molecular flexibility index (Phi) is 6.67. The molecule has 0 fully saturated rings. The summed E-state index contributed by atoms with van der Waals surface area (Å²) < 4.78 is 15.6.